The van der Waals surface area contributed by atoms with Crippen LogP contribution in [0.2, 0.25) is 0 Å². The molecule has 0 aliphatic carbocycles. The molecule has 526 valence electrons. The Morgan fingerprint density at radius 1 is 0.391 bits per heavy atom. The van der Waals surface area contributed by atoms with Gasteiger partial charge < -0.3 is 39.1 Å². The molecule has 6 fully saturated rings. The highest BCUT2D eigenvalue weighted by Gasteiger charge is 2.41. The van der Waals surface area contributed by atoms with Gasteiger partial charge in [0.2, 0.25) is 82.7 Å². The van der Waals surface area contributed by atoms with Crippen molar-refractivity contribution < 1.29 is 95.5 Å². The number of rotatable bonds is 33. The lowest BCUT2D eigenvalue weighted by Crippen LogP contribution is -2.34. The predicted molar refractivity (Wildman–Crippen MR) is 359 cm³/mol. The topological polar surface area (TPSA) is 338 Å². The molecule has 6 saturated heterocycles. The van der Waals surface area contributed by atoms with Gasteiger partial charge in [-0.3, -0.25) is 96.5 Å². The number of imide groups is 6. The van der Waals surface area contributed by atoms with E-state index < -0.39 is 0 Å². The molecule has 6 heterocycles. The van der Waals surface area contributed by atoms with E-state index in [1.807, 2.05) is 52.1 Å². The smallest absolute Gasteiger partial charge is 0.242 e. The fraction of sp³-hybridized carbons (Fsp3) is 0.759. The van der Waals surface area contributed by atoms with Gasteiger partial charge in [-0.2, -0.15) is 58.8 Å². The Kier molecular flexibility index (Phi) is 47.7. The number of carbonyl (C=O) groups excluding carboxylic acids is 14. The summed E-state index contributed by atoms with van der Waals surface area (Å²) < 4.78 is 32.4. The third-order valence-corrected chi connectivity index (χ3v) is 19.5. The minimum Gasteiger partial charge on any atom is -0.377 e. The van der Waals surface area contributed by atoms with Crippen LogP contribution in [-0.2, 0) is 95.5 Å². The van der Waals surface area contributed by atoms with Crippen LogP contribution in [0.5, 0.6) is 0 Å². The quantitative estimate of drug-likeness (QED) is 0.0695. The van der Waals surface area contributed by atoms with E-state index in [1.54, 1.807) is 14.1 Å². The number of carbonyl (C=O) groups is 14. The van der Waals surface area contributed by atoms with Crippen molar-refractivity contribution in [3.8, 4) is 0 Å². The number of hydrogen-bond acceptors (Lipinski definition) is 26. The van der Waals surface area contributed by atoms with E-state index >= 15 is 0 Å². The second kappa shape index (κ2) is 50.1. The van der Waals surface area contributed by atoms with Crippen LogP contribution in [-0.4, -0.2) is 314 Å². The summed E-state index contributed by atoms with van der Waals surface area (Å²) in [5.74, 6) is -0.378. The molecule has 6 rings (SSSR count). The summed E-state index contributed by atoms with van der Waals surface area (Å²) in [5.41, 5.74) is 0. The predicted octanol–water partition coefficient (Wildman–Crippen LogP) is 1.56. The minimum absolute atomic E-state index is 0. The molecule has 0 spiro atoms. The van der Waals surface area contributed by atoms with Crippen molar-refractivity contribution in [1.29, 1.82) is 0 Å². The van der Waals surface area contributed by atoms with Gasteiger partial charge >= 0.3 is 0 Å². The molecule has 0 aromatic rings. The van der Waals surface area contributed by atoms with E-state index in [0.29, 0.717) is 78.7 Å². The number of likely N-dealkylation sites (tertiary alicyclic amines) is 6. The molecule has 6 aliphatic rings. The average molecular weight is 1420 g/mol. The lowest BCUT2D eigenvalue weighted by atomic mass is 10.4. The first-order valence-corrected chi connectivity index (χ1v) is 37.0. The van der Waals surface area contributed by atoms with Crippen LogP contribution in [0.4, 0.5) is 0 Å². The molecule has 6 unspecified atom stereocenters. The molecule has 0 aromatic heterocycles. The van der Waals surface area contributed by atoms with Crippen molar-refractivity contribution in [1.82, 2.24) is 40.0 Å². The largest absolute Gasteiger partial charge is 0.377 e. The molecule has 2 N–H and O–H groups in total. The van der Waals surface area contributed by atoms with E-state index in [-0.39, 0.29) is 200 Å². The Morgan fingerprint density at radius 2 is 0.630 bits per heavy atom. The number of nitrogens with zero attached hydrogens (tertiary/aromatic N) is 6. The monoisotopic (exact) mass is 1420 g/mol. The van der Waals surface area contributed by atoms with Crippen molar-refractivity contribution in [3.05, 3.63) is 0 Å². The molecule has 6 aliphatic heterocycles. The van der Waals surface area contributed by atoms with Crippen LogP contribution in [0.3, 0.4) is 0 Å². The van der Waals surface area contributed by atoms with Gasteiger partial charge in [-0.1, -0.05) is 21.3 Å². The number of amides is 14. The summed E-state index contributed by atoms with van der Waals surface area (Å²) in [6, 6.07) is 0. The summed E-state index contributed by atoms with van der Waals surface area (Å²) >= 11 is 8.57. The average Bonchev–Trinajstić information content (AvgIpc) is 2.34. The van der Waals surface area contributed by atoms with Crippen molar-refractivity contribution >= 4 is 153 Å². The van der Waals surface area contributed by atoms with E-state index in [4.69, 9.17) is 28.4 Å². The third-order valence-electron chi connectivity index (χ3n) is 13.7. The molecular formula is C58H98N8O20S6. The van der Waals surface area contributed by atoms with Crippen molar-refractivity contribution in [3.63, 3.8) is 0 Å². The molecule has 0 bridgehead atoms. The lowest BCUT2D eigenvalue weighted by Gasteiger charge is -2.15. The van der Waals surface area contributed by atoms with Crippen molar-refractivity contribution in [2.75, 3.05) is 170 Å². The fourth-order valence-electron chi connectivity index (χ4n) is 8.39. The summed E-state index contributed by atoms with van der Waals surface area (Å²) in [7, 11) is 4.76. The zero-order chi connectivity index (χ0) is 68.6. The molecule has 34 heteroatoms. The maximum Gasteiger partial charge on any atom is 0.242 e. The highest BCUT2D eigenvalue weighted by molar-refractivity contribution is 8.01. The van der Waals surface area contributed by atoms with Gasteiger partial charge in [0, 0.05) is 79.6 Å². The molecule has 28 nitrogen and oxygen atoms in total. The van der Waals surface area contributed by atoms with Crippen LogP contribution < -0.4 is 10.6 Å². The Hall–Kier alpha value is -4.36. The van der Waals surface area contributed by atoms with Crippen molar-refractivity contribution in [2.24, 2.45) is 0 Å². The highest BCUT2D eigenvalue weighted by atomic mass is 32.2. The number of hydrogen-bond donors (Lipinski definition) is 2. The van der Waals surface area contributed by atoms with Gasteiger partial charge in [0.05, 0.1) is 137 Å². The van der Waals surface area contributed by atoms with Crippen LogP contribution in [0.1, 0.15) is 80.1 Å². The van der Waals surface area contributed by atoms with E-state index in [0.717, 1.165) is 5.75 Å². The normalized spacial score (nSPS) is 21.0. The van der Waals surface area contributed by atoms with E-state index in [1.165, 1.54) is 114 Å². The number of nitrogens with one attached hydrogen (secondary N) is 2. The molecule has 6 atom stereocenters. The Labute approximate surface area is 567 Å². The molecule has 14 amide bonds. The number of thioether (sulfide) groups is 6. The summed E-state index contributed by atoms with van der Waals surface area (Å²) in [5, 5.41) is 3.57. The van der Waals surface area contributed by atoms with Gasteiger partial charge in [-0.05, 0) is 44.0 Å². The summed E-state index contributed by atoms with van der Waals surface area (Å²) in [6.07, 6.45) is 11.6. The summed E-state index contributed by atoms with van der Waals surface area (Å²) in [4.78, 5) is 167. The minimum atomic E-state index is -0.265. The third kappa shape index (κ3) is 31.0. The first kappa shape index (κ1) is 87.6. The second-order valence-electron chi connectivity index (χ2n) is 19.6. The van der Waals surface area contributed by atoms with Gasteiger partial charge in [-0.15, -0.1) is 11.8 Å². The molecule has 0 aromatic carbocycles. The van der Waals surface area contributed by atoms with Gasteiger partial charge in [0.25, 0.3) is 0 Å². The maximum absolute atomic E-state index is 12.1. The standard InChI is InChI=1S/C19H30N2O7S2.C18H28N2O7S2.C7H11NO2S.C6H9NO2S.C4H9NO.C3H7NO.CH4/c1-3-30-15-13-17(23)21(19(15)25)5-7-27-9-11-28-10-8-26-6-4-20-16(22)12-14(29-2)18(20)24;1-28-13-11-15(21)19(17(13)23)3-5-25-7-9-27-10-8-26-6-4-20-16(22)12-14(29-2)18(20)24;1-3-8-6(9)4-5(11-2)7(8)10;1-7-5(8)3-4(10-2)6(7)9;1-3-4(6)5-2;1-3(5)4-2;/h14-15H,3-13H2,1-2H3;13-14H,3-12H2,1-2H3;5H,3-4H2,1-2H3;4H,3H2,1-2H3;3H2,1-2H3,(H,5,6);1-2H3,(H,4,5);1H4. The molecule has 92 heavy (non-hydrogen) atoms. The first-order chi connectivity index (χ1) is 43.4. The molecule has 0 saturated carbocycles. The maximum atomic E-state index is 12.1. The Bertz CT molecular complexity index is 2350. The van der Waals surface area contributed by atoms with Crippen LogP contribution in [0.25, 0.3) is 0 Å². The van der Waals surface area contributed by atoms with Gasteiger partial charge in [0.15, 0.2) is 0 Å². The van der Waals surface area contributed by atoms with Crippen LogP contribution >= 0.6 is 70.6 Å². The van der Waals surface area contributed by atoms with Crippen LogP contribution in [0.15, 0.2) is 0 Å². The molecule has 0 radical (unpaired) electrons. The first-order valence-electron chi connectivity index (χ1n) is 29.6. The lowest BCUT2D eigenvalue weighted by molar-refractivity contribution is -0.140. The van der Waals surface area contributed by atoms with E-state index in [2.05, 4.69) is 10.6 Å². The fourth-order valence-corrected chi connectivity index (χ4v) is 12.5. The highest BCUT2D eigenvalue weighted by Crippen LogP contribution is 2.27. The SMILES string of the molecule is C.CCC(=O)NC.CCN1C(=O)CC(SC)C1=O.CCSC1CC(=O)N(CCOCCOCCOCCN2C(=O)CC(SC)C2=O)C1=O.CNC(C)=O.CSC1CC(=O)N(C)C1=O.CSC1CC(=O)N(CCOCCOCCOCCN2C(=O)CC(SC)C2=O)C1=O. The zero-order valence-electron chi connectivity index (χ0n) is 54.4. The van der Waals surface area contributed by atoms with E-state index in [9.17, 15) is 67.1 Å². The zero-order valence-corrected chi connectivity index (χ0v) is 59.3. The Balaban J connectivity index is 0.00000122. The second-order valence-corrected chi connectivity index (χ2v) is 26.3. The number of ether oxygens (including phenoxy) is 6. The van der Waals surface area contributed by atoms with Crippen molar-refractivity contribution in [2.45, 2.75) is 112 Å². The van der Waals surface area contributed by atoms with Gasteiger partial charge in [-0.25, -0.2) is 0 Å². The summed E-state index contributed by atoms with van der Waals surface area (Å²) in [6.45, 7) is 12.7. The molecular weight excluding hydrogens is 1320 g/mol. The van der Waals surface area contributed by atoms with Crippen LogP contribution in [0, 0.1) is 0 Å². The Morgan fingerprint density at radius 3 is 0.815 bits per heavy atom. The van der Waals surface area contributed by atoms with Gasteiger partial charge in [0.1, 0.15) is 0 Å².